The molecule has 0 radical (unpaired) electrons. The number of nitrogens with zero attached hydrogens (tertiary/aromatic N) is 1. The zero-order chi connectivity index (χ0) is 19.4. The van der Waals surface area contributed by atoms with Gasteiger partial charge in [-0.1, -0.05) is 31.0 Å². The van der Waals surface area contributed by atoms with Gasteiger partial charge in [0, 0.05) is 16.5 Å². The van der Waals surface area contributed by atoms with E-state index in [1.54, 1.807) is 0 Å². The molecule has 1 atom stereocenters. The van der Waals surface area contributed by atoms with Gasteiger partial charge in [0.15, 0.2) is 0 Å². The number of rotatable bonds is 6. The average Bonchev–Trinajstić information content (AvgIpc) is 3.15. The maximum Gasteiger partial charge on any atom is 0.125 e. The lowest BCUT2D eigenvalue weighted by Crippen LogP contribution is -2.39. The van der Waals surface area contributed by atoms with Crippen molar-refractivity contribution in [3.05, 3.63) is 63.5 Å². The summed E-state index contributed by atoms with van der Waals surface area (Å²) in [6.07, 6.45) is 9.30. The van der Waals surface area contributed by atoms with Gasteiger partial charge in [-0.2, -0.15) is 0 Å². The minimum Gasteiger partial charge on any atom is -0.486 e. The van der Waals surface area contributed by atoms with Crippen molar-refractivity contribution >= 4 is 22.6 Å². The summed E-state index contributed by atoms with van der Waals surface area (Å²) in [5.41, 5.74) is 1.70. The topological polar surface area (TPSA) is 12.5 Å². The van der Waals surface area contributed by atoms with Crippen LogP contribution in [0.2, 0.25) is 0 Å². The SMILES string of the molecule is Fc1ccc(C(CCN2CCC3(CCCC3)CC2)Oc2cccc(I)c2)cc1. The molecule has 2 fully saturated rings. The second kappa shape index (κ2) is 9.12. The molecule has 0 amide bonds. The van der Waals surface area contributed by atoms with Crippen LogP contribution in [0.1, 0.15) is 56.6 Å². The molecule has 0 N–H and O–H groups in total. The first kappa shape index (κ1) is 20.1. The zero-order valence-corrected chi connectivity index (χ0v) is 18.5. The Balaban J connectivity index is 1.40. The zero-order valence-electron chi connectivity index (χ0n) is 16.4. The van der Waals surface area contributed by atoms with E-state index >= 15 is 0 Å². The lowest BCUT2D eigenvalue weighted by molar-refractivity contribution is 0.0924. The van der Waals surface area contributed by atoms with Crippen molar-refractivity contribution in [2.45, 2.75) is 51.0 Å². The summed E-state index contributed by atoms with van der Waals surface area (Å²) < 4.78 is 20.9. The number of ether oxygens (including phenoxy) is 1. The molecule has 2 aromatic carbocycles. The Morgan fingerprint density at radius 3 is 2.39 bits per heavy atom. The van der Waals surface area contributed by atoms with E-state index in [1.165, 1.54) is 63.7 Å². The fourth-order valence-electron chi connectivity index (χ4n) is 4.85. The molecule has 150 valence electrons. The molecule has 0 aromatic heterocycles. The Bertz CT molecular complexity index is 762. The van der Waals surface area contributed by atoms with E-state index in [1.807, 2.05) is 24.3 Å². The molecular formula is C24H29FINO. The first-order valence-electron chi connectivity index (χ1n) is 10.5. The van der Waals surface area contributed by atoms with Crippen LogP contribution in [0.5, 0.6) is 5.75 Å². The Morgan fingerprint density at radius 2 is 1.71 bits per heavy atom. The fourth-order valence-corrected chi connectivity index (χ4v) is 5.37. The van der Waals surface area contributed by atoms with Gasteiger partial charge in [-0.25, -0.2) is 4.39 Å². The Morgan fingerprint density at radius 1 is 1.00 bits per heavy atom. The number of halogens is 2. The minimum absolute atomic E-state index is 0.0545. The first-order valence-corrected chi connectivity index (χ1v) is 11.6. The predicted molar refractivity (Wildman–Crippen MR) is 120 cm³/mol. The number of hydrogen-bond donors (Lipinski definition) is 0. The predicted octanol–water partition coefficient (Wildman–Crippen LogP) is 6.60. The molecule has 28 heavy (non-hydrogen) atoms. The van der Waals surface area contributed by atoms with Gasteiger partial charge in [0.05, 0.1) is 0 Å². The standard InChI is InChI=1S/C24H29FINO/c25-20-8-6-19(7-9-20)23(28-22-5-3-4-21(26)18-22)10-15-27-16-13-24(14-17-27)11-1-2-12-24/h3-9,18,23H,1-2,10-17H2. The molecule has 4 rings (SSSR count). The highest BCUT2D eigenvalue weighted by Gasteiger charge is 2.36. The van der Waals surface area contributed by atoms with Crippen molar-refractivity contribution in [3.63, 3.8) is 0 Å². The quantitative estimate of drug-likeness (QED) is 0.421. The highest BCUT2D eigenvalue weighted by Crippen LogP contribution is 2.46. The number of piperidine rings is 1. The maximum atomic E-state index is 13.4. The molecule has 1 spiro atoms. The van der Waals surface area contributed by atoms with E-state index in [0.29, 0.717) is 5.41 Å². The Kier molecular flexibility index (Phi) is 6.56. The molecular weight excluding hydrogens is 464 g/mol. The van der Waals surface area contributed by atoms with Crippen LogP contribution in [0.4, 0.5) is 4.39 Å². The fraction of sp³-hybridized carbons (Fsp3) is 0.500. The molecule has 1 heterocycles. The molecule has 1 unspecified atom stereocenters. The van der Waals surface area contributed by atoms with Gasteiger partial charge in [0.25, 0.3) is 0 Å². The third kappa shape index (κ3) is 5.07. The number of likely N-dealkylation sites (tertiary alicyclic amines) is 1. The average molecular weight is 493 g/mol. The summed E-state index contributed by atoms with van der Waals surface area (Å²) in [6, 6.07) is 14.9. The van der Waals surface area contributed by atoms with Crippen LogP contribution in [0.3, 0.4) is 0 Å². The molecule has 1 saturated heterocycles. The van der Waals surface area contributed by atoms with Crippen molar-refractivity contribution in [1.82, 2.24) is 4.90 Å². The monoisotopic (exact) mass is 493 g/mol. The first-order chi connectivity index (χ1) is 13.6. The molecule has 2 nitrogen and oxygen atoms in total. The van der Waals surface area contributed by atoms with Crippen molar-refractivity contribution in [1.29, 1.82) is 0 Å². The van der Waals surface area contributed by atoms with Crippen molar-refractivity contribution in [3.8, 4) is 5.75 Å². The van der Waals surface area contributed by atoms with Gasteiger partial charge in [0.2, 0.25) is 0 Å². The third-order valence-corrected chi connectivity index (χ3v) is 7.28. The van der Waals surface area contributed by atoms with Crippen LogP contribution >= 0.6 is 22.6 Å². The lowest BCUT2D eigenvalue weighted by Gasteiger charge is -2.39. The normalized spacial score (nSPS) is 20.4. The molecule has 1 saturated carbocycles. The minimum atomic E-state index is -0.199. The smallest absolute Gasteiger partial charge is 0.125 e. The van der Waals surface area contributed by atoms with Crippen LogP contribution < -0.4 is 4.74 Å². The second-order valence-electron chi connectivity index (χ2n) is 8.45. The van der Waals surface area contributed by atoms with E-state index in [0.717, 1.165) is 27.8 Å². The largest absolute Gasteiger partial charge is 0.486 e. The van der Waals surface area contributed by atoms with Gasteiger partial charge in [0.1, 0.15) is 17.7 Å². The van der Waals surface area contributed by atoms with Crippen molar-refractivity contribution in [2.24, 2.45) is 5.41 Å². The summed E-state index contributed by atoms with van der Waals surface area (Å²) in [7, 11) is 0. The summed E-state index contributed by atoms with van der Waals surface area (Å²) in [4.78, 5) is 2.60. The van der Waals surface area contributed by atoms with E-state index in [4.69, 9.17) is 4.74 Å². The molecule has 2 aliphatic rings. The third-order valence-electron chi connectivity index (χ3n) is 6.60. The highest BCUT2D eigenvalue weighted by atomic mass is 127. The molecule has 1 aliphatic carbocycles. The lowest BCUT2D eigenvalue weighted by atomic mass is 9.77. The van der Waals surface area contributed by atoms with Crippen LogP contribution in [0.25, 0.3) is 0 Å². The van der Waals surface area contributed by atoms with Gasteiger partial charge in [-0.05, 0) is 103 Å². The summed E-state index contributed by atoms with van der Waals surface area (Å²) in [6.45, 7) is 3.45. The van der Waals surface area contributed by atoms with Crippen LogP contribution in [0.15, 0.2) is 48.5 Å². The summed E-state index contributed by atoms with van der Waals surface area (Å²) in [5.74, 6) is 0.680. The summed E-state index contributed by atoms with van der Waals surface area (Å²) >= 11 is 2.31. The van der Waals surface area contributed by atoms with Crippen LogP contribution in [-0.2, 0) is 0 Å². The highest BCUT2D eigenvalue weighted by molar-refractivity contribution is 14.1. The van der Waals surface area contributed by atoms with Crippen molar-refractivity contribution < 1.29 is 9.13 Å². The Hall–Kier alpha value is -1.14. The number of benzene rings is 2. The second-order valence-corrected chi connectivity index (χ2v) is 9.70. The van der Waals surface area contributed by atoms with Crippen LogP contribution in [-0.4, -0.2) is 24.5 Å². The molecule has 1 aliphatic heterocycles. The van der Waals surface area contributed by atoms with Gasteiger partial charge in [-0.15, -0.1) is 0 Å². The summed E-state index contributed by atoms with van der Waals surface area (Å²) in [5, 5.41) is 0. The van der Waals surface area contributed by atoms with Crippen molar-refractivity contribution in [2.75, 3.05) is 19.6 Å². The number of hydrogen-bond acceptors (Lipinski definition) is 2. The van der Waals surface area contributed by atoms with E-state index in [-0.39, 0.29) is 11.9 Å². The molecule has 2 aromatic rings. The molecule has 0 bridgehead atoms. The van der Waals surface area contributed by atoms with Gasteiger partial charge >= 0.3 is 0 Å². The van der Waals surface area contributed by atoms with Gasteiger partial charge in [-0.3, -0.25) is 0 Å². The maximum absolute atomic E-state index is 13.4. The van der Waals surface area contributed by atoms with E-state index in [2.05, 4.69) is 39.6 Å². The van der Waals surface area contributed by atoms with E-state index < -0.39 is 0 Å². The molecule has 4 heteroatoms. The van der Waals surface area contributed by atoms with Crippen LogP contribution in [0, 0.1) is 14.8 Å². The van der Waals surface area contributed by atoms with Gasteiger partial charge < -0.3 is 9.64 Å². The Labute approximate surface area is 181 Å². The van der Waals surface area contributed by atoms with E-state index in [9.17, 15) is 4.39 Å².